The van der Waals surface area contributed by atoms with E-state index < -0.39 is 22.0 Å². The molecule has 0 spiro atoms. The molecule has 2 atom stereocenters. The van der Waals surface area contributed by atoms with E-state index in [1.54, 1.807) is 26.0 Å². The highest BCUT2D eigenvalue weighted by Crippen LogP contribution is 2.16. The van der Waals surface area contributed by atoms with Crippen LogP contribution >= 0.6 is 0 Å². The maximum atomic E-state index is 12.2. The number of benzene rings is 1. The van der Waals surface area contributed by atoms with Crippen LogP contribution in [0.15, 0.2) is 29.2 Å². The normalized spacial score (nSPS) is 14.6. The number of carbonyl (C=O) groups is 1. The maximum Gasteiger partial charge on any atom is 0.323 e. The molecule has 0 amide bonds. The summed E-state index contributed by atoms with van der Waals surface area (Å²) >= 11 is 0. The van der Waals surface area contributed by atoms with E-state index >= 15 is 0 Å². The van der Waals surface area contributed by atoms with Gasteiger partial charge in [0.2, 0.25) is 10.0 Å². The van der Waals surface area contributed by atoms with Crippen molar-refractivity contribution in [3.8, 4) is 0 Å². The number of nitrogens with two attached hydrogens (primary N) is 1. The fourth-order valence-electron chi connectivity index (χ4n) is 1.58. The monoisotopic (exact) mass is 300 g/mol. The summed E-state index contributed by atoms with van der Waals surface area (Å²) in [4.78, 5) is 11.5. The van der Waals surface area contributed by atoms with Crippen LogP contribution in [0.5, 0.6) is 0 Å². The minimum atomic E-state index is -3.79. The zero-order chi connectivity index (χ0) is 15.3. The van der Waals surface area contributed by atoms with E-state index in [2.05, 4.69) is 4.72 Å². The molecule has 0 saturated carbocycles. The Hall–Kier alpha value is -1.44. The molecule has 1 rings (SSSR count). The van der Waals surface area contributed by atoms with Gasteiger partial charge in [0.15, 0.2) is 0 Å². The number of hydrogen-bond acceptors (Lipinski definition) is 5. The van der Waals surface area contributed by atoms with E-state index in [-0.39, 0.29) is 17.5 Å². The average Bonchev–Trinajstić information content (AvgIpc) is 2.38. The van der Waals surface area contributed by atoms with Crippen molar-refractivity contribution >= 4 is 16.0 Å². The van der Waals surface area contributed by atoms with Crippen molar-refractivity contribution in [2.75, 3.05) is 6.61 Å². The van der Waals surface area contributed by atoms with Gasteiger partial charge in [-0.3, -0.25) is 4.79 Å². The van der Waals surface area contributed by atoms with Crippen LogP contribution in [-0.2, 0) is 19.6 Å². The Bertz CT molecular complexity index is 569. The standard InChI is InChI=1S/C13H20N2O4S/c1-4-19-13(16)10(3)15-20(17,18)12-7-5-6-11(8-12)9(2)14/h5-10,15H,4,14H2,1-3H3. The van der Waals surface area contributed by atoms with Crippen LogP contribution in [0.1, 0.15) is 32.4 Å². The predicted molar refractivity (Wildman–Crippen MR) is 75.5 cm³/mol. The lowest BCUT2D eigenvalue weighted by Gasteiger charge is -2.14. The number of esters is 1. The Balaban J connectivity index is 2.94. The van der Waals surface area contributed by atoms with Gasteiger partial charge in [0, 0.05) is 6.04 Å². The van der Waals surface area contributed by atoms with E-state index in [0.717, 1.165) is 0 Å². The molecule has 0 fully saturated rings. The number of carbonyl (C=O) groups excluding carboxylic acids is 1. The molecule has 2 unspecified atom stereocenters. The molecule has 1 aromatic rings. The minimum absolute atomic E-state index is 0.0726. The van der Waals surface area contributed by atoms with Crippen LogP contribution in [-0.4, -0.2) is 27.0 Å². The first-order valence-corrected chi connectivity index (χ1v) is 7.80. The van der Waals surface area contributed by atoms with Crippen LogP contribution in [0, 0.1) is 0 Å². The Morgan fingerprint density at radius 1 is 1.40 bits per heavy atom. The van der Waals surface area contributed by atoms with Crippen LogP contribution in [0.4, 0.5) is 0 Å². The summed E-state index contributed by atoms with van der Waals surface area (Å²) in [7, 11) is -3.79. The number of ether oxygens (including phenoxy) is 1. The Kier molecular flexibility index (Phi) is 5.67. The van der Waals surface area contributed by atoms with Gasteiger partial charge in [0.05, 0.1) is 11.5 Å². The molecule has 3 N–H and O–H groups in total. The van der Waals surface area contributed by atoms with Crippen molar-refractivity contribution in [3.05, 3.63) is 29.8 Å². The number of sulfonamides is 1. The first-order chi connectivity index (χ1) is 9.27. The number of nitrogens with one attached hydrogen (secondary N) is 1. The maximum absolute atomic E-state index is 12.2. The Morgan fingerprint density at radius 2 is 2.05 bits per heavy atom. The minimum Gasteiger partial charge on any atom is -0.465 e. The third-order valence-corrected chi connectivity index (χ3v) is 4.20. The molecule has 20 heavy (non-hydrogen) atoms. The summed E-state index contributed by atoms with van der Waals surface area (Å²) in [6.45, 7) is 5.06. The Labute approximate surface area is 119 Å². The van der Waals surface area contributed by atoms with Crippen LogP contribution < -0.4 is 10.5 Å². The summed E-state index contributed by atoms with van der Waals surface area (Å²) in [5.74, 6) is -0.612. The highest BCUT2D eigenvalue weighted by Gasteiger charge is 2.23. The largest absolute Gasteiger partial charge is 0.465 e. The fraction of sp³-hybridized carbons (Fsp3) is 0.462. The topological polar surface area (TPSA) is 98.5 Å². The van der Waals surface area contributed by atoms with Crippen molar-refractivity contribution in [2.45, 2.75) is 37.8 Å². The third-order valence-electron chi connectivity index (χ3n) is 2.67. The highest BCUT2D eigenvalue weighted by molar-refractivity contribution is 7.89. The van der Waals surface area contributed by atoms with E-state index in [1.165, 1.54) is 19.1 Å². The molecule has 0 aliphatic heterocycles. The lowest BCUT2D eigenvalue weighted by Crippen LogP contribution is -2.39. The van der Waals surface area contributed by atoms with E-state index in [1.807, 2.05) is 0 Å². The Morgan fingerprint density at radius 3 is 2.60 bits per heavy atom. The quantitative estimate of drug-likeness (QED) is 0.762. The molecular formula is C13H20N2O4S. The number of rotatable bonds is 6. The SMILES string of the molecule is CCOC(=O)C(C)NS(=O)(=O)c1cccc(C(C)N)c1. The molecule has 112 valence electrons. The lowest BCUT2D eigenvalue weighted by atomic mass is 10.1. The van der Waals surface area contributed by atoms with Gasteiger partial charge in [-0.2, -0.15) is 4.72 Å². The second-order valence-corrected chi connectivity index (χ2v) is 6.17. The highest BCUT2D eigenvalue weighted by atomic mass is 32.2. The number of hydrogen-bond donors (Lipinski definition) is 2. The van der Waals surface area contributed by atoms with Crippen molar-refractivity contribution in [1.29, 1.82) is 0 Å². The molecule has 1 aromatic carbocycles. The molecule has 0 heterocycles. The lowest BCUT2D eigenvalue weighted by molar-refractivity contribution is -0.144. The molecule has 6 nitrogen and oxygen atoms in total. The van der Waals surface area contributed by atoms with Gasteiger partial charge in [-0.1, -0.05) is 12.1 Å². The van der Waals surface area contributed by atoms with Crippen molar-refractivity contribution < 1.29 is 17.9 Å². The molecule has 7 heteroatoms. The van der Waals surface area contributed by atoms with Crippen molar-refractivity contribution in [2.24, 2.45) is 5.73 Å². The summed E-state index contributed by atoms with van der Waals surface area (Å²) in [6.07, 6.45) is 0. The summed E-state index contributed by atoms with van der Waals surface area (Å²) in [6, 6.07) is 5.09. The molecule has 0 aliphatic carbocycles. The summed E-state index contributed by atoms with van der Waals surface area (Å²) in [5, 5.41) is 0. The van der Waals surface area contributed by atoms with Gasteiger partial charge in [-0.05, 0) is 38.5 Å². The predicted octanol–water partition coefficient (Wildman–Crippen LogP) is 0.936. The van der Waals surface area contributed by atoms with Gasteiger partial charge in [0.25, 0.3) is 0 Å². The zero-order valence-electron chi connectivity index (χ0n) is 11.8. The molecule has 0 saturated heterocycles. The molecule has 0 bridgehead atoms. The zero-order valence-corrected chi connectivity index (χ0v) is 12.6. The van der Waals surface area contributed by atoms with Crippen molar-refractivity contribution in [3.63, 3.8) is 0 Å². The molecule has 0 aliphatic rings. The van der Waals surface area contributed by atoms with Crippen LogP contribution in [0.25, 0.3) is 0 Å². The second-order valence-electron chi connectivity index (χ2n) is 4.46. The van der Waals surface area contributed by atoms with E-state index in [4.69, 9.17) is 10.5 Å². The second kappa shape index (κ2) is 6.83. The molecule has 0 radical (unpaired) electrons. The van der Waals surface area contributed by atoms with Crippen LogP contribution in [0.2, 0.25) is 0 Å². The summed E-state index contributed by atoms with van der Waals surface area (Å²) in [5.41, 5.74) is 6.43. The van der Waals surface area contributed by atoms with Gasteiger partial charge in [-0.15, -0.1) is 0 Å². The van der Waals surface area contributed by atoms with E-state index in [9.17, 15) is 13.2 Å². The first kappa shape index (κ1) is 16.6. The van der Waals surface area contributed by atoms with Gasteiger partial charge < -0.3 is 10.5 Å². The third kappa shape index (κ3) is 4.29. The van der Waals surface area contributed by atoms with Gasteiger partial charge in [0.1, 0.15) is 6.04 Å². The van der Waals surface area contributed by atoms with Gasteiger partial charge >= 0.3 is 5.97 Å². The van der Waals surface area contributed by atoms with Gasteiger partial charge in [-0.25, -0.2) is 8.42 Å². The fourth-order valence-corrected chi connectivity index (χ4v) is 2.83. The first-order valence-electron chi connectivity index (χ1n) is 6.32. The summed E-state index contributed by atoms with van der Waals surface area (Å²) < 4.78 is 31.4. The van der Waals surface area contributed by atoms with Crippen LogP contribution in [0.3, 0.4) is 0 Å². The smallest absolute Gasteiger partial charge is 0.323 e. The molecular weight excluding hydrogens is 280 g/mol. The molecule has 0 aromatic heterocycles. The van der Waals surface area contributed by atoms with Crippen molar-refractivity contribution in [1.82, 2.24) is 4.72 Å². The average molecular weight is 300 g/mol. The van der Waals surface area contributed by atoms with E-state index in [0.29, 0.717) is 5.56 Å².